The third-order valence-electron chi connectivity index (χ3n) is 5.92. The molecule has 2 aliphatic rings. The van der Waals surface area contributed by atoms with Gasteiger partial charge in [0.05, 0.1) is 17.9 Å². The number of phenolic OH excluding ortho intramolecular Hbond substituents is 1. The van der Waals surface area contributed by atoms with Crippen molar-refractivity contribution in [1.29, 1.82) is 0 Å². The van der Waals surface area contributed by atoms with E-state index in [1.54, 1.807) is 42.9 Å². The Morgan fingerprint density at radius 3 is 2.65 bits per heavy atom. The average molecular weight is 461 g/mol. The monoisotopic (exact) mass is 461 g/mol. The molecule has 2 N–H and O–H groups in total. The average Bonchev–Trinajstić information content (AvgIpc) is 3.45. The molecule has 0 radical (unpaired) electrons. The van der Waals surface area contributed by atoms with Crippen LogP contribution in [0.4, 0.5) is 0 Å². The Morgan fingerprint density at radius 1 is 1.06 bits per heavy atom. The summed E-state index contributed by atoms with van der Waals surface area (Å²) in [6.45, 7) is 1.70. The van der Waals surface area contributed by atoms with Gasteiger partial charge >= 0.3 is 0 Å². The number of hydrogen-bond donors (Lipinski definition) is 2. The normalized spacial score (nSPS) is 18.9. The van der Waals surface area contributed by atoms with E-state index in [0.29, 0.717) is 48.8 Å². The Labute approximate surface area is 195 Å². The summed E-state index contributed by atoms with van der Waals surface area (Å²) >= 11 is 0. The van der Waals surface area contributed by atoms with Crippen LogP contribution in [0.2, 0.25) is 0 Å². The van der Waals surface area contributed by atoms with Gasteiger partial charge in [-0.05, 0) is 42.3 Å². The Hall–Kier alpha value is -4.27. The van der Waals surface area contributed by atoms with Crippen molar-refractivity contribution < 1.29 is 29.3 Å². The number of Topliss-reactive ketones (excluding diaryl/α,β-unsaturated/α-hetero) is 1. The molecule has 1 fully saturated rings. The van der Waals surface area contributed by atoms with Gasteiger partial charge in [0.2, 0.25) is 0 Å². The first-order valence-electron chi connectivity index (χ1n) is 11.0. The van der Waals surface area contributed by atoms with Crippen LogP contribution in [0.25, 0.3) is 5.76 Å². The number of hydrogen-bond acceptors (Lipinski definition) is 7. The number of imidazole rings is 1. The lowest BCUT2D eigenvalue weighted by atomic mass is 9.95. The number of carbonyl (C=O) groups is 2. The molecule has 3 aromatic rings. The van der Waals surface area contributed by atoms with Gasteiger partial charge in [-0.2, -0.15) is 0 Å². The van der Waals surface area contributed by atoms with Gasteiger partial charge in [0.15, 0.2) is 11.5 Å². The topological polar surface area (TPSA) is 114 Å². The van der Waals surface area contributed by atoms with Gasteiger partial charge in [-0.15, -0.1) is 0 Å². The molecule has 1 aromatic heterocycles. The number of fused-ring (bicyclic) bond motifs is 1. The van der Waals surface area contributed by atoms with Crippen molar-refractivity contribution in [2.75, 3.05) is 19.8 Å². The summed E-state index contributed by atoms with van der Waals surface area (Å²) in [4.78, 5) is 31.6. The highest BCUT2D eigenvalue weighted by atomic mass is 16.6. The lowest BCUT2D eigenvalue weighted by molar-refractivity contribution is -0.139. The van der Waals surface area contributed by atoms with Crippen LogP contribution in [-0.4, -0.2) is 56.1 Å². The molecule has 2 aliphatic heterocycles. The SMILES string of the molecule is O=C1C(=O)N(CCCn2ccnc2)C(c2cccc(O)c2)C1=C(O)c1ccc2c(c1)OCCO2. The minimum Gasteiger partial charge on any atom is -0.508 e. The summed E-state index contributed by atoms with van der Waals surface area (Å²) in [6.07, 6.45) is 5.75. The van der Waals surface area contributed by atoms with Crippen molar-refractivity contribution in [2.24, 2.45) is 0 Å². The molecule has 34 heavy (non-hydrogen) atoms. The van der Waals surface area contributed by atoms with Crippen LogP contribution in [0.5, 0.6) is 17.2 Å². The van der Waals surface area contributed by atoms with Gasteiger partial charge in [0.25, 0.3) is 11.7 Å². The lowest BCUT2D eigenvalue weighted by Gasteiger charge is -2.25. The maximum Gasteiger partial charge on any atom is 0.295 e. The van der Waals surface area contributed by atoms with Crippen LogP contribution in [0.3, 0.4) is 0 Å². The summed E-state index contributed by atoms with van der Waals surface area (Å²) in [5.74, 6) is -0.769. The molecule has 1 saturated heterocycles. The first kappa shape index (κ1) is 21.6. The molecule has 5 rings (SSSR count). The quantitative estimate of drug-likeness (QED) is 0.330. The largest absolute Gasteiger partial charge is 0.508 e. The zero-order chi connectivity index (χ0) is 23.7. The predicted octanol–water partition coefficient (Wildman–Crippen LogP) is 2.87. The molecule has 0 aliphatic carbocycles. The fraction of sp³-hybridized carbons (Fsp3) is 0.240. The standard InChI is InChI=1S/C25H23N3O6/c29-18-4-1-3-16(13-18)22-21(23(30)17-5-6-19-20(14-17)34-12-11-33-19)24(31)25(32)28(22)9-2-8-27-10-7-26-15-27/h1,3-7,10,13-15,22,29-30H,2,8-9,11-12H2. The first-order chi connectivity index (χ1) is 16.5. The van der Waals surface area contributed by atoms with Crippen molar-refractivity contribution in [3.05, 3.63) is 77.9 Å². The van der Waals surface area contributed by atoms with Gasteiger partial charge in [-0.3, -0.25) is 9.59 Å². The van der Waals surface area contributed by atoms with Crippen molar-refractivity contribution in [1.82, 2.24) is 14.5 Å². The zero-order valence-electron chi connectivity index (χ0n) is 18.3. The molecule has 1 atom stereocenters. The van der Waals surface area contributed by atoms with Gasteiger partial charge in [0, 0.05) is 31.0 Å². The third-order valence-corrected chi connectivity index (χ3v) is 5.92. The number of aromatic hydroxyl groups is 1. The second kappa shape index (κ2) is 8.93. The molecule has 3 heterocycles. The Morgan fingerprint density at radius 2 is 1.88 bits per heavy atom. The number of amides is 1. The van der Waals surface area contributed by atoms with Crippen LogP contribution in [-0.2, 0) is 16.1 Å². The smallest absolute Gasteiger partial charge is 0.295 e. The number of benzene rings is 2. The first-order valence-corrected chi connectivity index (χ1v) is 11.0. The van der Waals surface area contributed by atoms with E-state index in [2.05, 4.69) is 4.98 Å². The molecule has 1 amide bonds. The summed E-state index contributed by atoms with van der Waals surface area (Å²) < 4.78 is 13.0. The van der Waals surface area contributed by atoms with Crippen LogP contribution < -0.4 is 9.47 Å². The van der Waals surface area contributed by atoms with Crippen molar-refractivity contribution in [3.8, 4) is 17.2 Å². The third kappa shape index (κ3) is 3.96. The lowest BCUT2D eigenvalue weighted by Crippen LogP contribution is -2.31. The van der Waals surface area contributed by atoms with E-state index in [0.717, 1.165) is 0 Å². The van der Waals surface area contributed by atoms with E-state index in [4.69, 9.17) is 9.47 Å². The minimum atomic E-state index is -0.844. The van der Waals surface area contributed by atoms with Gasteiger partial charge in [0.1, 0.15) is 24.7 Å². The number of aliphatic hydroxyl groups excluding tert-OH is 1. The van der Waals surface area contributed by atoms with Crippen LogP contribution in [0, 0.1) is 0 Å². The molecule has 0 spiro atoms. The second-order valence-electron chi connectivity index (χ2n) is 8.10. The summed E-state index contributed by atoms with van der Waals surface area (Å²) in [7, 11) is 0. The fourth-order valence-electron chi connectivity index (χ4n) is 4.34. The fourth-order valence-corrected chi connectivity index (χ4v) is 4.34. The molecule has 1 unspecified atom stereocenters. The second-order valence-corrected chi connectivity index (χ2v) is 8.10. The number of phenols is 1. The number of aliphatic hydroxyl groups is 1. The van der Waals surface area contributed by atoms with E-state index in [9.17, 15) is 19.8 Å². The molecule has 2 aromatic carbocycles. The minimum absolute atomic E-state index is 0.000771. The number of carbonyl (C=O) groups excluding carboxylic acids is 2. The number of aromatic nitrogens is 2. The van der Waals surface area contributed by atoms with E-state index in [-0.39, 0.29) is 23.6 Å². The number of ether oxygens (including phenoxy) is 2. The summed E-state index contributed by atoms with van der Waals surface area (Å²) in [6, 6.07) is 10.4. The molecule has 0 saturated carbocycles. The molecule has 0 bridgehead atoms. The molecular weight excluding hydrogens is 438 g/mol. The summed E-state index contributed by atoms with van der Waals surface area (Å²) in [5.41, 5.74) is 0.835. The maximum atomic E-state index is 13.1. The van der Waals surface area contributed by atoms with Crippen LogP contribution >= 0.6 is 0 Å². The Balaban J connectivity index is 1.54. The van der Waals surface area contributed by atoms with E-state index >= 15 is 0 Å². The molecule has 174 valence electrons. The highest BCUT2D eigenvalue weighted by Crippen LogP contribution is 2.41. The Kier molecular flexibility index (Phi) is 5.67. The van der Waals surface area contributed by atoms with Gasteiger partial charge < -0.3 is 29.2 Å². The molecule has 9 nitrogen and oxygen atoms in total. The number of likely N-dealkylation sites (tertiary alicyclic amines) is 1. The van der Waals surface area contributed by atoms with Crippen molar-refractivity contribution >= 4 is 17.4 Å². The molecular formula is C25H23N3O6. The van der Waals surface area contributed by atoms with Crippen LogP contribution in [0.15, 0.2) is 66.8 Å². The summed E-state index contributed by atoms with van der Waals surface area (Å²) in [5, 5.41) is 21.3. The maximum absolute atomic E-state index is 13.1. The van der Waals surface area contributed by atoms with Crippen molar-refractivity contribution in [3.63, 3.8) is 0 Å². The van der Waals surface area contributed by atoms with E-state index in [1.165, 1.54) is 17.0 Å². The number of nitrogens with zero attached hydrogens (tertiary/aromatic N) is 3. The van der Waals surface area contributed by atoms with Gasteiger partial charge in [-0.25, -0.2) is 4.98 Å². The highest BCUT2D eigenvalue weighted by molar-refractivity contribution is 6.46. The van der Waals surface area contributed by atoms with Gasteiger partial charge in [-0.1, -0.05) is 12.1 Å². The molecule has 9 heteroatoms. The number of aryl methyl sites for hydroxylation is 1. The predicted molar refractivity (Wildman–Crippen MR) is 121 cm³/mol. The highest BCUT2D eigenvalue weighted by Gasteiger charge is 2.46. The van der Waals surface area contributed by atoms with E-state index in [1.807, 2.05) is 10.8 Å². The van der Waals surface area contributed by atoms with Crippen molar-refractivity contribution in [2.45, 2.75) is 19.0 Å². The number of ketones is 1. The van der Waals surface area contributed by atoms with E-state index < -0.39 is 17.7 Å². The Bertz CT molecular complexity index is 1270. The zero-order valence-corrected chi connectivity index (χ0v) is 18.3. The van der Waals surface area contributed by atoms with Crippen LogP contribution in [0.1, 0.15) is 23.6 Å². The number of rotatable bonds is 6.